The van der Waals surface area contributed by atoms with Gasteiger partial charge in [0.05, 0.1) is 0 Å². The van der Waals surface area contributed by atoms with E-state index in [4.69, 9.17) is 0 Å². The van der Waals surface area contributed by atoms with Crippen molar-refractivity contribution in [3.63, 3.8) is 0 Å². The van der Waals surface area contributed by atoms with Crippen molar-refractivity contribution >= 4 is 0 Å². The van der Waals surface area contributed by atoms with Crippen molar-refractivity contribution in [3.8, 4) is 0 Å². The summed E-state index contributed by atoms with van der Waals surface area (Å²) in [5, 5.41) is 3.87. The fourth-order valence-electron chi connectivity index (χ4n) is 3.12. The molecule has 0 aliphatic heterocycles. The molecule has 2 aliphatic rings. The number of rotatable bonds is 2. The molecule has 0 saturated heterocycles. The molecular weight excluding hydrogens is 170 g/mol. The van der Waals surface area contributed by atoms with Gasteiger partial charge in [-0.1, -0.05) is 13.8 Å². The molecule has 1 heteroatoms. The summed E-state index contributed by atoms with van der Waals surface area (Å²) in [6.07, 6.45) is 10.0. The van der Waals surface area contributed by atoms with Gasteiger partial charge in [0.25, 0.3) is 0 Å². The van der Waals surface area contributed by atoms with Crippen LogP contribution in [-0.4, -0.2) is 12.1 Å². The second kappa shape index (κ2) is 4.65. The van der Waals surface area contributed by atoms with Crippen LogP contribution in [0.2, 0.25) is 0 Å². The van der Waals surface area contributed by atoms with Crippen LogP contribution in [0.3, 0.4) is 0 Å². The van der Waals surface area contributed by atoms with Crippen LogP contribution < -0.4 is 5.32 Å². The smallest absolute Gasteiger partial charge is 0.00722 e. The van der Waals surface area contributed by atoms with Gasteiger partial charge in [0.1, 0.15) is 0 Å². The van der Waals surface area contributed by atoms with Gasteiger partial charge in [0.15, 0.2) is 0 Å². The third-order valence-corrected chi connectivity index (χ3v) is 4.18. The van der Waals surface area contributed by atoms with Gasteiger partial charge >= 0.3 is 0 Å². The molecular formula is C13H25N. The molecule has 1 nitrogen and oxygen atoms in total. The van der Waals surface area contributed by atoms with E-state index in [1.165, 1.54) is 44.9 Å². The van der Waals surface area contributed by atoms with Crippen molar-refractivity contribution in [2.24, 2.45) is 11.8 Å². The predicted octanol–water partition coefficient (Wildman–Crippen LogP) is 3.34. The quantitative estimate of drug-likeness (QED) is 0.712. The molecule has 2 unspecified atom stereocenters. The zero-order chi connectivity index (χ0) is 9.97. The zero-order valence-electron chi connectivity index (χ0n) is 9.76. The van der Waals surface area contributed by atoms with Gasteiger partial charge in [-0.05, 0) is 56.8 Å². The van der Waals surface area contributed by atoms with Gasteiger partial charge in [-0.15, -0.1) is 0 Å². The SMILES string of the molecule is CC1CCC(NC2CCC(C)C2)CC1. The van der Waals surface area contributed by atoms with E-state index in [1.54, 1.807) is 0 Å². The minimum atomic E-state index is 0.849. The van der Waals surface area contributed by atoms with E-state index in [0.29, 0.717) is 0 Å². The van der Waals surface area contributed by atoms with Crippen LogP contribution in [0.5, 0.6) is 0 Å². The normalized spacial score (nSPS) is 44.1. The Morgan fingerprint density at radius 1 is 0.714 bits per heavy atom. The van der Waals surface area contributed by atoms with Crippen LogP contribution in [0.1, 0.15) is 58.8 Å². The molecule has 0 amide bonds. The fourth-order valence-corrected chi connectivity index (χ4v) is 3.12. The summed E-state index contributed by atoms with van der Waals surface area (Å²) in [7, 11) is 0. The van der Waals surface area contributed by atoms with Gasteiger partial charge in [-0.25, -0.2) is 0 Å². The van der Waals surface area contributed by atoms with Gasteiger partial charge in [0.2, 0.25) is 0 Å². The fraction of sp³-hybridized carbons (Fsp3) is 1.00. The molecule has 14 heavy (non-hydrogen) atoms. The molecule has 0 aromatic heterocycles. The summed E-state index contributed by atoms with van der Waals surface area (Å²) in [6, 6.07) is 1.70. The first-order valence-corrected chi connectivity index (χ1v) is 6.50. The van der Waals surface area contributed by atoms with Crippen molar-refractivity contribution in [1.29, 1.82) is 0 Å². The Hall–Kier alpha value is -0.0400. The van der Waals surface area contributed by atoms with E-state index in [-0.39, 0.29) is 0 Å². The molecule has 0 spiro atoms. The molecule has 0 aromatic rings. The third-order valence-electron chi connectivity index (χ3n) is 4.18. The highest BCUT2D eigenvalue weighted by atomic mass is 15.0. The molecule has 2 saturated carbocycles. The van der Waals surface area contributed by atoms with E-state index in [9.17, 15) is 0 Å². The highest BCUT2D eigenvalue weighted by molar-refractivity contribution is 4.84. The first kappa shape index (κ1) is 10.5. The largest absolute Gasteiger partial charge is 0.311 e. The summed E-state index contributed by atoms with van der Waals surface area (Å²) in [6.45, 7) is 4.79. The van der Waals surface area contributed by atoms with Crippen LogP contribution in [-0.2, 0) is 0 Å². The van der Waals surface area contributed by atoms with E-state index in [2.05, 4.69) is 19.2 Å². The molecule has 0 aromatic carbocycles. The predicted molar refractivity (Wildman–Crippen MR) is 61.4 cm³/mol. The Morgan fingerprint density at radius 3 is 1.86 bits per heavy atom. The maximum Gasteiger partial charge on any atom is 0.00722 e. The lowest BCUT2D eigenvalue weighted by molar-refractivity contribution is 0.285. The zero-order valence-corrected chi connectivity index (χ0v) is 9.76. The Balaban J connectivity index is 1.70. The van der Waals surface area contributed by atoms with Crippen LogP contribution in [0.15, 0.2) is 0 Å². The van der Waals surface area contributed by atoms with E-state index in [1.807, 2.05) is 0 Å². The lowest BCUT2D eigenvalue weighted by Crippen LogP contribution is -2.39. The van der Waals surface area contributed by atoms with Crippen molar-refractivity contribution in [3.05, 3.63) is 0 Å². The Kier molecular flexibility index (Phi) is 3.48. The number of hydrogen-bond donors (Lipinski definition) is 1. The molecule has 82 valence electrons. The average Bonchev–Trinajstić information content (AvgIpc) is 2.56. The molecule has 2 aliphatic carbocycles. The first-order chi connectivity index (χ1) is 6.74. The van der Waals surface area contributed by atoms with E-state index >= 15 is 0 Å². The van der Waals surface area contributed by atoms with Crippen LogP contribution in [0.4, 0.5) is 0 Å². The van der Waals surface area contributed by atoms with Gasteiger partial charge in [-0.2, -0.15) is 0 Å². The molecule has 2 fully saturated rings. The van der Waals surface area contributed by atoms with Crippen LogP contribution in [0.25, 0.3) is 0 Å². The molecule has 0 heterocycles. The molecule has 1 N–H and O–H groups in total. The van der Waals surface area contributed by atoms with Gasteiger partial charge < -0.3 is 5.32 Å². The Labute approximate surface area is 88.7 Å². The minimum absolute atomic E-state index is 0.849. The highest BCUT2D eigenvalue weighted by Crippen LogP contribution is 2.28. The van der Waals surface area contributed by atoms with Crippen LogP contribution >= 0.6 is 0 Å². The number of hydrogen-bond acceptors (Lipinski definition) is 1. The van der Waals surface area contributed by atoms with Crippen molar-refractivity contribution < 1.29 is 0 Å². The Morgan fingerprint density at radius 2 is 1.29 bits per heavy atom. The lowest BCUT2D eigenvalue weighted by atomic mass is 9.87. The van der Waals surface area contributed by atoms with Crippen molar-refractivity contribution in [2.45, 2.75) is 70.9 Å². The maximum absolute atomic E-state index is 3.87. The highest BCUT2D eigenvalue weighted by Gasteiger charge is 2.25. The summed E-state index contributed by atoms with van der Waals surface area (Å²) >= 11 is 0. The monoisotopic (exact) mass is 195 g/mol. The van der Waals surface area contributed by atoms with Crippen LogP contribution in [0, 0.1) is 11.8 Å². The Bertz CT molecular complexity index is 170. The topological polar surface area (TPSA) is 12.0 Å². The standard InChI is InChI=1S/C13H25N/c1-10-3-6-12(7-4-10)14-13-8-5-11(2)9-13/h10-14H,3-9H2,1-2H3. The number of nitrogens with one attached hydrogen (secondary N) is 1. The summed E-state index contributed by atoms with van der Waals surface area (Å²) in [5.41, 5.74) is 0. The lowest BCUT2D eigenvalue weighted by Gasteiger charge is -2.29. The summed E-state index contributed by atoms with van der Waals surface area (Å²) in [5.74, 6) is 1.95. The van der Waals surface area contributed by atoms with Crippen molar-refractivity contribution in [2.75, 3.05) is 0 Å². The second-order valence-electron chi connectivity index (χ2n) is 5.74. The van der Waals surface area contributed by atoms with Gasteiger partial charge in [-0.3, -0.25) is 0 Å². The van der Waals surface area contributed by atoms with E-state index in [0.717, 1.165) is 23.9 Å². The molecule has 0 bridgehead atoms. The second-order valence-corrected chi connectivity index (χ2v) is 5.74. The summed E-state index contributed by atoms with van der Waals surface area (Å²) < 4.78 is 0. The maximum atomic E-state index is 3.87. The average molecular weight is 195 g/mol. The molecule has 2 rings (SSSR count). The molecule has 0 radical (unpaired) electrons. The first-order valence-electron chi connectivity index (χ1n) is 6.50. The third kappa shape index (κ3) is 2.73. The van der Waals surface area contributed by atoms with Gasteiger partial charge in [0, 0.05) is 12.1 Å². The van der Waals surface area contributed by atoms with Crippen molar-refractivity contribution in [1.82, 2.24) is 5.32 Å². The van der Waals surface area contributed by atoms with E-state index < -0.39 is 0 Å². The minimum Gasteiger partial charge on any atom is -0.311 e. The molecule has 2 atom stereocenters. The summed E-state index contributed by atoms with van der Waals surface area (Å²) in [4.78, 5) is 0.